The molecule has 0 atom stereocenters. The largest absolute Gasteiger partial charge is 0.418 e. The Morgan fingerprint density at radius 2 is 1.67 bits per heavy atom. The fourth-order valence-electron chi connectivity index (χ4n) is 2.25. The van der Waals surface area contributed by atoms with E-state index < -0.39 is 17.6 Å². The van der Waals surface area contributed by atoms with E-state index in [0.717, 1.165) is 11.6 Å². The smallest absolute Gasteiger partial charge is 0.348 e. The molecule has 0 saturated heterocycles. The summed E-state index contributed by atoms with van der Waals surface area (Å²) in [5.74, 6) is -0.438. The Morgan fingerprint density at radius 1 is 1.00 bits per heavy atom. The van der Waals surface area contributed by atoms with E-state index >= 15 is 0 Å². The van der Waals surface area contributed by atoms with Crippen LogP contribution in [-0.2, 0) is 12.7 Å². The minimum absolute atomic E-state index is 0.0441. The number of nitrogens with zero attached hydrogens (tertiary/aromatic N) is 3. The van der Waals surface area contributed by atoms with E-state index in [1.165, 1.54) is 30.6 Å². The maximum atomic E-state index is 13.0. The highest BCUT2D eigenvalue weighted by Gasteiger charge is 2.33. The van der Waals surface area contributed by atoms with E-state index in [0.29, 0.717) is 6.54 Å². The van der Waals surface area contributed by atoms with Gasteiger partial charge in [-0.1, -0.05) is 12.1 Å². The van der Waals surface area contributed by atoms with Gasteiger partial charge in [-0.3, -0.25) is 9.78 Å². The Hall–Kier alpha value is -3.49. The van der Waals surface area contributed by atoms with Crippen LogP contribution in [-0.4, -0.2) is 20.9 Å². The number of halogens is 3. The summed E-state index contributed by atoms with van der Waals surface area (Å²) in [6.45, 7) is 0.306. The number of rotatable bonds is 5. The summed E-state index contributed by atoms with van der Waals surface area (Å²) in [6.07, 6.45) is 1.21. The van der Waals surface area contributed by atoms with Crippen molar-refractivity contribution in [2.24, 2.45) is 0 Å². The maximum absolute atomic E-state index is 13.0. The van der Waals surface area contributed by atoms with Gasteiger partial charge in [0.15, 0.2) is 0 Å². The number of nitrogens with one attached hydrogen (secondary N) is 2. The molecule has 3 rings (SSSR count). The van der Waals surface area contributed by atoms with Crippen LogP contribution in [0.15, 0.2) is 61.2 Å². The molecule has 9 heteroatoms. The summed E-state index contributed by atoms with van der Waals surface area (Å²) in [5, 5.41) is 5.22. The summed E-state index contributed by atoms with van der Waals surface area (Å²) in [6, 6.07) is 8.54. The molecule has 0 aliphatic rings. The second-order valence-electron chi connectivity index (χ2n) is 5.50. The van der Waals surface area contributed by atoms with E-state index in [2.05, 4.69) is 25.6 Å². The Morgan fingerprint density at radius 3 is 2.33 bits per heavy atom. The van der Waals surface area contributed by atoms with E-state index in [4.69, 9.17) is 0 Å². The number of benzene rings is 1. The van der Waals surface area contributed by atoms with Crippen LogP contribution in [0.2, 0.25) is 0 Å². The molecular weight excluding hydrogens is 359 g/mol. The van der Waals surface area contributed by atoms with Crippen molar-refractivity contribution < 1.29 is 18.0 Å². The van der Waals surface area contributed by atoms with Gasteiger partial charge in [-0.05, 0) is 29.8 Å². The second kappa shape index (κ2) is 7.81. The van der Waals surface area contributed by atoms with Crippen LogP contribution < -0.4 is 10.6 Å². The van der Waals surface area contributed by atoms with Crippen molar-refractivity contribution in [3.05, 3.63) is 77.9 Å². The van der Waals surface area contributed by atoms with Crippen molar-refractivity contribution >= 4 is 17.5 Å². The van der Waals surface area contributed by atoms with E-state index in [1.807, 2.05) is 0 Å². The summed E-state index contributed by atoms with van der Waals surface area (Å²) in [7, 11) is 0. The van der Waals surface area contributed by atoms with Gasteiger partial charge in [-0.25, -0.2) is 9.97 Å². The number of amides is 1. The van der Waals surface area contributed by atoms with Crippen molar-refractivity contribution in [2.45, 2.75) is 12.7 Å². The third kappa shape index (κ3) is 4.78. The summed E-state index contributed by atoms with van der Waals surface area (Å²) < 4.78 is 39.0. The lowest BCUT2D eigenvalue weighted by Crippen LogP contribution is -2.23. The molecule has 0 aliphatic carbocycles. The molecule has 2 N–H and O–H groups in total. The molecule has 0 saturated carbocycles. The quantitative estimate of drug-likeness (QED) is 0.715. The lowest BCUT2D eigenvalue weighted by atomic mass is 10.1. The predicted octanol–water partition coefficient (Wildman–Crippen LogP) is 3.56. The van der Waals surface area contributed by atoms with Crippen LogP contribution >= 0.6 is 0 Å². The van der Waals surface area contributed by atoms with Crippen molar-refractivity contribution in [3.8, 4) is 0 Å². The van der Waals surface area contributed by atoms with Crippen LogP contribution in [0.25, 0.3) is 0 Å². The lowest BCUT2D eigenvalue weighted by Gasteiger charge is -2.13. The first-order chi connectivity index (χ1) is 12.9. The minimum atomic E-state index is -4.50. The first-order valence-corrected chi connectivity index (χ1v) is 7.86. The van der Waals surface area contributed by atoms with Crippen LogP contribution in [0.3, 0.4) is 0 Å². The molecule has 0 aliphatic heterocycles. The normalized spacial score (nSPS) is 11.1. The van der Waals surface area contributed by atoms with E-state index in [1.54, 1.807) is 24.5 Å². The number of aromatic nitrogens is 3. The minimum Gasteiger partial charge on any atom is -0.348 e. The number of carbonyl (C=O) groups is 1. The van der Waals surface area contributed by atoms with Gasteiger partial charge in [0.2, 0.25) is 5.95 Å². The Labute approximate surface area is 152 Å². The van der Waals surface area contributed by atoms with Gasteiger partial charge in [-0.15, -0.1) is 0 Å². The maximum Gasteiger partial charge on any atom is 0.418 e. The monoisotopic (exact) mass is 373 g/mol. The molecule has 3 aromatic rings. The SMILES string of the molecule is O=C(NCc1ccncc1)c1cnc(Nc2ccccc2C(F)(F)F)nc1. The molecule has 2 aromatic heterocycles. The van der Waals surface area contributed by atoms with Gasteiger partial charge < -0.3 is 10.6 Å². The Balaban J connectivity index is 1.66. The molecule has 0 fully saturated rings. The average molecular weight is 373 g/mol. The number of hydrogen-bond donors (Lipinski definition) is 2. The number of pyridine rings is 1. The predicted molar refractivity (Wildman–Crippen MR) is 92.2 cm³/mol. The second-order valence-corrected chi connectivity index (χ2v) is 5.50. The van der Waals surface area contributed by atoms with Gasteiger partial charge in [0.05, 0.1) is 16.8 Å². The van der Waals surface area contributed by atoms with Crippen molar-refractivity contribution in [1.82, 2.24) is 20.3 Å². The summed E-state index contributed by atoms with van der Waals surface area (Å²) in [5.41, 5.74) is 0.0766. The van der Waals surface area contributed by atoms with E-state index in [9.17, 15) is 18.0 Å². The fraction of sp³-hybridized carbons (Fsp3) is 0.111. The third-order valence-corrected chi connectivity index (χ3v) is 3.60. The van der Waals surface area contributed by atoms with Crippen molar-refractivity contribution in [2.75, 3.05) is 5.32 Å². The number of para-hydroxylation sites is 1. The highest BCUT2D eigenvalue weighted by atomic mass is 19.4. The molecule has 6 nitrogen and oxygen atoms in total. The molecule has 1 aromatic carbocycles. The van der Waals surface area contributed by atoms with Gasteiger partial charge in [0.25, 0.3) is 5.91 Å². The molecule has 0 radical (unpaired) electrons. The molecule has 2 heterocycles. The van der Waals surface area contributed by atoms with Crippen LogP contribution in [0.1, 0.15) is 21.5 Å². The van der Waals surface area contributed by atoms with Gasteiger partial charge >= 0.3 is 6.18 Å². The van der Waals surface area contributed by atoms with Crippen molar-refractivity contribution in [3.63, 3.8) is 0 Å². The van der Waals surface area contributed by atoms with Crippen LogP contribution in [0, 0.1) is 0 Å². The first kappa shape index (κ1) is 18.3. The first-order valence-electron chi connectivity index (χ1n) is 7.86. The Bertz CT molecular complexity index is 914. The van der Waals surface area contributed by atoms with Crippen LogP contribution in [0.5, 0.6) is 0 Å². The van der Waals surface area contributed by atoms with Gasteiger partial charge in [-0.2, -0.15) is 13.2 Å². The summed E-state index contributed by atoms with van der Waals surface area (Å²) in [4.78, 5) is 23.8. The highest BCUT2D eigenvalue weighted by Crippen LogP contribution is 2.35. The molecule has 0 unspecified atom stereocenters. The standard InChI is InChI=1S/C18H14F3N5O/c19-18(20,21)14-3-1-2-4-15(14)26-17-24-10-13(11-25-17)16(27)23-9-12-5-7-22-8-6-12/h1-8,10-11H,9H2,(H,23,27)(H,24,25,26). The highest BCUT2D eigenvalue weighted by molar-refractivity contribution is 5.93. The molecule has 138 valence electrons. The fourth-order valence-corrected chi connectivity index (χ4v) is 2.25. The topological polar surface area (TPSA) is 79.8 Å². The molecule has 0 spiro atoms. The van der Waals surface area contributed by atoms with Gasteiger partial charge in [0, 0.05) is 31.3 Å². The molecule has 27 heavy (non-hydrogen) atoms. The average Bonchev–Trinajstić information content (AvgIpc) is 2.67. The Kier molecular flexibility index (Phi) is 5.30. The number of carbonyl (C=O) groups excluding carboxylic acids is 1. The summed E-state index contributed by atoms with van der Waals surface area (Å²) >= 11 is 0. The van der Waals surface area contributed by atoms with Crippen LogP contribution in [0.4, 0.5) is 24.8 Å². The zero-order valence-electron chi connectivity index (χ0n) is 13.9. The lowest BCUT2D eigenvalue weighted by molar-refractivity contribution is -0.136. The van der Waals surface area contributed by atoms with E-state index in [-0.39, 0.29) is 17.2 Å². The molecule has 1 amide bonds. The zero-order valence-corrected chi connectivity index (χ0v) is 13.9. The van der Waals surface area contributed by atoms with Gasteiger partial charge in [0.1, 0.15) is 0 Å². The molecular formula is C18H14F3N5O. The molecule has 0 bridgehead atoms. The third-order valence-electron chi connectivity index (χ3n) is 3.60. The number of anilines is 2. The number of alkyl halides is 3. The zero-order chi connectivity index (χ0) is 19.3. The number of hydrogen-bond acceptors (Lipinski definition) is 5. The van der Waals surface area contributed by atoms with Crippen molar-refractivity contribution in [1.29, 1.82) is 0 Å².